The van der Waals surface area contributed by atoms with Gasteiger partial charge >= 0.3 is 0 Å². The van der Waals surface area contributed by atoms with Crippen LogP contribution in [0.3, 0.4) is 0 Å². The number of carbonyl (C=O) groups excluding carboxylic acids is 2. The average molecular weight is 353 g/mol. The lowest BCUT2D eigenvalue weighted by molar-refractivity contribution is -0.119. The monoisotopic (exact) mass is 353 g/mol. The first-order valence-corrected chi connectivity index (χ1v) is 9.02. The van der Waals surface area contributed by atoms with Crippen LogP contribution in [-0.4, -0.2) is 24.7 Å². The Morgan fingerprint density at radius 2 is 1.76 bits per heavy atom. The van der Waals surface area contributed by atoms with Gasteiger partial charge in [-0.05, 0) is 48.1 Å². The summed E-state index contributed by atoms with van der Waals surface area (Å²) < 4.78 is 5.17. The normalized spacial score (nSPS) is 14.4. The molecule has 0 aromatic heterocycles. The molecule has 0 atom stereocenters. The van der Waals surface area contributed by atoms with Crippen molar-refractivity contribution in [3.8, 4) is 5.75 Å². The van der Waals surface area contributed by atoms with Crippen molar-refractivity contribution in [2.75, 3.05) is 17.8 Å². The molecule has 2 amide bonds. The second kappa shape index (κ2) is 7.15. The maximum absolute atomic E-state index is 13.1. The summed E-state index contributed by atoms with van der Waals surface area (Å²) in [5, 5.41) is 0. The van der Waals surface area contributed by atoms with Crippen molar-refractivity contribution in [1.82, 2.24) is 0 Å². The smallest absolute Gasteiger partial charge is 0.272 e. The summed E-state index contributed by atoms with van der Waals surface area (Å²) in [5.74, 6) is 0.890. The van der Waals surface area contributed by atoms with Gasteiger partial charge in [0.15, 0.2) is 0 Å². The Hall–Kier alpha value is -2.53. The van der Waals surface area contributed by atoms with Crippen molar-refractivity contribution in [2.45, 2.75) is 13.8 Å². The Morgan fingerprint density at radius 1 is 1.04 bits per heavy atom. The number of benzene rings is 2. The molecule has 0 saturated heterocycles. The number of anilines is 1. The van der Waals surface area contributed by atoms with Crippen molar-refractivity contribution >= 4 is 34.8 Å². The van der Waals surface area contributed by atoms with E-state index < -0.39 is 0 Å². The summed E-state index contributed by atoms with van der Waals surface area (Å²) in [7, 11) is 1.59. The molecule has 2 aromatic rings. The Morgan fingerprint density at radius 3 is 2.36 bits per heavy atom. The lowest BCUT2D eigenvalue weighted by Crippen LogP contribution is -2.31. The van der Waals surface area contributed by atoms with E-state index in [2.05, 4.69) is 0 Å². The zero-order chi connectivity index (χ0) is 18.0. The van der Waals surface area contributed by atoms with Crippen LogP contribution in [0.15, 0.2) is 53.4 Å². The lowest BCUT2D eigenvalue weighted by atomic mass is 10.1. The number of nitrogens with zero attached hydrogens (tertiary/aromatic N) is 1. The van der Waals surface area contributed by atoms with Gasteiger partial charge in [0.05, 0.1) is 23.3 Å². The topological polar surface area (TPSA) is 46.6 Å². The van der Waals surface area contributed by atoms with Crippen LogP contribution in [0.1, 0.15) is 18.1 Å². The van der Waals surface area contributed by atoms with Crippen LogP contribution in [0.4, 0.5) is 5.69 Å². The van der Waals surface area contributed by atoms with Crippen molar-refractivity contribution in [3.63, 3.8) is 0 Å². The predicted octanol–water partition coefficient (Wildman–Crippen LogP) is 4.04. The quantitative estimate of drug-likeness (QED) is 0.761. The fraction of sp³-hybridized carbons (Fsp3) is 0.200. The van der Waals surface area contributed by atoms with Crippen LogP contribution in [0.25, 0.3) is 5.57 Å². The summed E-state index contributed by atoms with van der Waals surface area (Å²) in [5.41, 5.74) is 2.79. The Balaban J connectivity index is 2.07. The van der Waals surface area contributed by atoms with Gasteiger partial charge in [0, 0.05) is 0 Å². The molecular weight excluding hydrogens is 334 g/mol. The molecule has 0 N–H and O–H groups in total. The fourth-order valence-electron chi connectivity index (χ4n) is 2.80. The minimum Gasteiger partial charge on any atom is -0.497 e. The first-order valence-electron chi connectivity index (χ1n) is 8.03. The second-order valence-electron chi connectivity index (χ2n) is 5.65. The van der Waals surface area contributed by atoms with E-state index in [1.54, 1.807) is 25.3 Å². The fourth-order valence-corrected chi connectivity index (χ4v) is 3.65. The van der Waals surface area contributed by atoms with Crippen molar-refractivity contribution in [3.05, 3.63) is 64.6 Å². The molecule has 0 radical (unpaired) electrons. The van der Waals surface area contributed by atoms with Crippen molar-refractivity contribution in [1.29, 1.82) is 0 Å². The van der Waals surface area contributed by atoms with E-state index in [0.717, 1.165) is 16.9 Å². The minimum atomic E-state index is -0.281. The largest absolute Gasteiger partial charge is 0.497 e. The number of methoxy groups -OCH3 is 1. The third kappa shape index (κ3) is 3.20. The summed E-state index contributed by atoms with van der Waals surface area (Å²) in [6, 6.07) is 14.6. The zero-order valence-corrected chi connectivity index (χ0v) is 15.2. The molecule has 0 unspecified atom stereocenters. The highest BCUT2D eigenvalue weighted by atomic mass is 32.2. The SMILES string of the molecule is CCSC1=C(c2ccc(OC)cc2)C(=O)N(c2cccc(C)c2)C1=O. The van der Waals surface area contributed by atoms with E-state index in [1.165, 1.54) is 16.7 Å². The van der Waals surface area contributed by atoms with Crippen LogP contribution in [-0.2, 0) is 9.59 Å². The standard InChI is InChI=1S/C20H19NO3S/c1-4-25-18-17(14-8-10-16(24-3)11-9-14)19(22)21(20(18)23)15-7-5-6-13(2)12-15/h5-12H,4H2,1-3H3. The number of rotatable bonds is 5. The summed E-state index contributed by atoms with van der Waals surface area (Å²) in [4.78, 5) is 27.8. The molecule has 0 saturated carbocycles. The third-order valence-corrected chi connectivity index (χ3v) is 4.92. The Labute approximate surface area is 151 Å². The average Bonchev–Trinajstić information content (AvgIpc) is 2.86. The van der Waals surface area contributed by atoms with E-state index in [0.29, 0.717) is 21.9 Å². The minimum absolute atomic E-state index is 0.256. The number of hydrogen-bond acceptors (Lipinski definition) is 4. The lowest BCUT2D eigenvalue weighted by Gasteiger charge is -2.15. The van der Waals surface area contributed by atoms with E-state index in [9.17, 15) is 9.59 Å². The van der Waals surface area contributed by atoms with Crippen LogP contribution in [0, 0.1) is 6.92 Å². The van der Waals surface area contributed by atoms with Gasteiger partial charge in [-0.3, -0.25) is 9.59 Å². The Bertz CT molecular complexity index is 855. The molecule has 5 heteroatoms. The number of carbonyl (C=O) groups is 2. The summed E-state index contributed by atoms with van der Waals surface area (Å²) in [6.45, 7) is 3.91. The van der Waals surface area contributed by atoms with E-state index in [4.69, 9.17) is 4.74 Å². The van der Waals surface area contributed by atoms with Gasteiger partial charge < -0.3 is 4.74 Å². The van der Waals surface area contributed by atoms with Gasteiger partial charge in [0.2, 0.25) is 0 Å². The number of aryl methyl sites for hydroxylation is 1. The number of thioether (sulfide) groups is 1. The first kappa shape index (κ1) is 17.3. The maximum Gasteiger partial charge on any atom is 0.272 e. The highest BCUT2D eigenvalue weighted by molar-refractivity contribution is 8.04. The number of imide groups is 1. The highest BCUT2D eigenvalue weighted by Crippen LogP contribution is 2.38. The molecule has 4 nitrogen and oxygen atoms in total. The van der Waals surface area contributed by atoms with Gasteiger partial charge in [0.25, 0.3) is 11.8 Å². The van der Waals surface area contributed by atoms with Crippen LogP contribution < -0.4 is 9.64 Å². The molecule has 0 aliphatic carbocycles. The highest BCUT2D eigenvalue weighted by Gasteiger charge is 2.39. The van der Waals surface area contributed by atoms with Crippen molar-refractivity contribution in [2.24, 2.45) is 0 Å². The number of amides is 2. The number of hydrogen-bond donors (Lipinski definition) is 0. The third-order valence-electron chi connectivity index (χ3n) is 3.97. The van der Waals surface area contributed by atoms with Gasteiger partial charge in [-0.15, -0.1) is 11.8 Å². The second-order valence-corrected chi connectivity index (χ2v) is 6.92. The molecule has 1 aliphatic heterocycles. The van der Waals surface area contributed by atoms with Crippen LogP contribution >= 0.6 is 11.8 Å². The zero-order valence-electron chi connectivity index (χ0n) is 14.4. The van der Waals surface area contributed by atoms with Gasteiger partial charge in [-0.2, -0.15) is 0 Å². The van der Waals surface area contributed by atoms with Gasteiger partial charge in [-0.1, -0.05) is 31.2 Å². The number of ether oxygens (including phenoxy) is 1. The molecule has 3 rings (SSSR count). The van der Waals surface area contributed by atoms with Gasteiger partial charge in [-0.25, -0.2) is 4.90 Å². The van der Waals surface area contributed by atoms with Crippen LogP contribution in [0.2, 0.25) is 0 Å². The molecule has 2 aromatic carbocycles. The summed E-state index contributed by atoms with van der Waals surface area (Å²) >= 11 is 1.40. The molecule has 128 valence electrons. The van der Waals surface area contributed by atoms with E-state index >= 15 is 0 Å². The molecule has 1 heterocycles. The van der Waals surface area contributed by atoms with E-state index in [-0.39, 0.29) is 11.8 Å². The summed E-state index contributed by atoms with van der Waals surface area (Å²) in [6.07, 6.45) is 0. The first-order chi connectivity index (χ1) is 12.1. The van der Waals surface area contributed by atoms with Crippen molar-refractivity contribution < 1.29 is 14.3 Å². The maximum atomic E-state index is 13.1. The predicted molar refractivity (Wildman–Crippen MR) is 102 cm³/mol. The molecule has 0 bridgehead atoms. The Kier molecular flexibility index (Phi) is 4.95. The van der Waals surface area contributed by atoms with Crippen LogP contribution in [0.5, 0.6) is 5.75 Å². The molecular formula is C20H19NO3S. The molecule has 25 heavy (non-hydrogen) atoms. The molecule has 1 aliphatic rings. The molecule has 0 fully saturated rings. The molecule has 0 spiro atoms. The van der Waals surface area contributed by atoms with E-state index in [1.807, 2.05) is 44.2 Å². The van der Waals surface area contributed by atoms with Gasteiger partial charge in [0.1, 0.15) is 5.75 Å².